The van der Waals surface area contributed by atoms with Crippen LogP contribution in [0.1, 0.15) is 98.3 Å². The first-order chi connectivity index (χ1) is 17.0. The number of nitrogens with one attached hydrogen (secondary N) is 1. The summed E-state index contributed by atoms with van der Waals surface area (Å²) in [5, 5.41) is 2.92. The highest BCUT2D eigenvalue weighted by molar-refractivity contribution is 5.91. The zero-order valence-electron chi connectivity index (χ0n) is 21.0. The Hall–Kier alpha value is -2.74. The van der Waals surface area contributed by atoms with Gasteiger partial charge in [-0.3, -0.25) is 14.5 Å². The average molecular weight is 488 g/mol. The SMILES string of the molecule is CCCCCCCCNC(=O)c1coc(C(c2cc(F)ccc2CCC(=O)OC)N2CCCC2)n1. The highest BCUT2D eigenvalue weighted by atomic mass is 19.1. The predicted octanol–water partition coefficient (Wildman–Crippen LogP) is 5.19. The summed E-state index contributed by atoms with van der Waals surface area (Å²) < 4.78 is 24.9. The van der Waals surface area contributed by atoms with Gasteiger partial charge in [0.05, 0.1) is 7.11 Å². The number of carbonyl (C=O) groups excluding carboxylic acids is 2. The first-order valence-electron chi connectivity index (χ1n) is 12.9. The highest BCUT2D eigenvalue weighted by Gasteiger charge is 2.31. The lowest BCUT2D eigenvalue weighted by Crippen LogP contribution is -2.28. The Morgan fingerprint density at radius 3 is 2.66 bits per heavy atom. The fourth-order valence-corrected chi connectivity index (χ4v) is 4.59. The molecule has 2 aromatic rings. The smallest absolute Gasteiger partial charge is 0.305 e. The van der Waals surface area contributed by atoms with Crippen LogP contribution in [0.3, 0.4) is 0 Å². The summed E-state index contributed by atoms with van der Waals surface area (Å²) in [6.45, 7) is 4.43. The van der Waals surface area contributed by atoms with Crippen molar-refractivity contribution in [2.45, 2.75) is 77.2 Å². The zero-order chi connectivity index (χ0) is 25.0. The van der Waals surface area contributed by atoms with E-state index in [9.17, 15) is 14.0 Å². The van der Waals surface area contributed by atoms with Gasteiger partial charge in [-0.2, -0.15) is 0 Å². The molecule has 1 saturated heterocycles. The van der Waals surface area contributed by atoms with E-state index in [1.165, 1.54) is 51.2 Å². The Bertz CT molecular complexity index is 956. The van der Waals surface area contributed by atoms with Crippen LogP contribution in [-0.2, 0) is 16.0 Å². The molecule has 0 saturated carbocycles. The fourth-order valence-electron chi connectivity index (χ4n) is 4.59. The number of unbranched alkanes of at least 4 members (excludes halogenated alkanes) is 5. The number of likely N-dealkylation sites (tertiary alicyclic amines) is 1. The van der Waals surface area contributed by atoms with Gasteiger partial charge in [0.25, 0.3) is 5.91 Å². The number of nitrogens with zero attached hydrogens (tertiary/aromatic N) is 2. The molecule has 8 heteroatoms. The molecule has 0 aliphatic carbocycles. The summed E-state index contributed by atoms with van der Waals surface area (Å²) in [5.74, 6) is -0.590. The number of oxazole rings is 1. The molecule has 1 amide bonds. The van der Waals surface area contributed by atoms with E-state index in [2.05, 4.69) is 22.1 Å². The summed E-state index contributed by atoms with van der Waals surface area (Å²) in [4.78, 5) is 31.1. The van der Waals surface area contributed by atoms with Crippen molar-refractivity contribution in [2.24, 2.45) is 0 Å². The van der Waals surface area contributed by atoms with E-state index in [0.29, 0.717) is 24.4 Å². The van der Waals surface area contributed by atoms with E-state index in [1.807, 2.05) is 0 Å². The van der Waals surface area contributed by atoms with Crippen molar-refractivity contribution in [2.75, 3.05) is 26.7 Å². The predicted molar refractivity (Wildman–Crippen MR) is 132 cm³/mol. The number of methoxy groups -OCH3 is 1. The molecule has 1 aromatic carbocycles. The van der Waals surface area contributed by atoms with E-state index in [4.69, 9.17) is 9.15 Å². The molecule has 1 aromatic heterocycles. The third-order valence-corrected chi connectivity index (χ3v) is 6.54. The largest absolute Gasteiger partial charge is 0.469 e. The van der Waals surface area contributed by atoms with Gasteiger partial charge in [0.2, 0.25) is 5.89 Å². The number of carbonyl (C=O) groups is 2. The number of hydrogen-bond donors (Lipinski definition) is 1. The number of amides is 1. The monoisotopic (exact) mass is 487 g/mol. The standard InChI is InChI=1S/C27H38FN3O4/c1-3-4-5-6-7-8-15-29-26(33)23-19-35-27(30-23)25(31-16-9-10-17-31)22-18-21(28)13-11-20(22)12-14-24(32)34-2/h11,13,18-19,25H,3-10,12,14-17H2,1-2H3,(H,29,33). The van der Waals surface area contributed by atoms with Gasteiger partial charge < -0.3 is 14.5 Å². The van der Waals surface area contributed by atoms with Crippen LogP contribution in [0.4, 0.5) is 4.39 Å². The van der Waals surface area contributed by atoms with Gasteiger partial charge in [0.15, 0.2) is 5.69 Å². The molecular weight excluding hydrogens is 449 g/mol. The molecule has 0 bridgehead atoms. The van der Waals surface area contributed by atoms with Crippen LogP contribution >= 0.6 is 0 Å². The van der Waals surface area contributed by atoms with Crippen LogP contribution in [0.25, 0.3) is 0 Å². The molecule has 1 atom stereocenters. The molecular formula is C27H38FN3O4. The van der Waals surface area contributed by atoms with Crippen LogP contribution in [0.15, 0.2) is 28.9 Å². The molecule has 1 aliphatic heterocycles. The maximum atomic E-state index is 14.4. The lowest BCUT2D eigenvalue weighted by Gasteiger charge is -2.27. The van der Waals surface area contributed by atoms with Gasteiger partial charge in [-0.05, 0) is 62.0 Å². The Balaban J connectivity index is 1.73. The Morgan fingerprint density at radius 1 is 1.17 bits per heavy atom. The summed E-state index contributed by atoms with van der Waals surface area (Å²) in [6, 6.07) is 4.15. The second-order valence-electron chi connectivity index (χ2n) is 9.16. The molecule has 35 heavy (non-hydrogen) atoms. The van der Waals surface area contributed by atoms with Crippen LogP contribution < -0.4 is 5.32 Å². The Labute approximate surface area is 207 Å². The number of hydrogen-bond acceptors (Lipinski definition) is 6. The van der Waals surface area contributed by atoms with Crippen molar-refractivity contribution in [1.29, 1.82) is 0 Å². The van der Waals surface area contributed by atoms with Crippen LogP contribution in [0.2, 0.25) is 0 Å². The fraction of sp³-hybridized carbons (Fsp3) is 0.593. The summed E-state index contributed by atoms with van der Waals surface area (Å²) in [6.07, 6.45) is 10.9. The molecule has 0 spiro atoms. The second kappa shape index (κ2) is 14.0. The van der Waals surface area contributed by atoms with Crippen molar-refractivity contribution in [3.8, 4) is 0 Å². The van der Waals surface area contributed by atoms with Crippen molar-refractivity contribution in [1.82, 2.24) is 15.2 Å². The van der Waals surface area contributed by atoms with Crippen molar-refractivity contribution in [3.05, 3.63) is 53.0 Å². The molecule has 2 heterocycles. The molecule has 1 aliphatic rings. The molecule has 3 rings (SSSR count). The number of halogens is 1. The van der Waals surface area contributed by atoms with Gasteiger partial charge in [-0.15, -0.1) is 0 Å². The normalized spacial score (nSPS) is 14.7. The van der Waals surface area contributed by atoms with Gasteiger partial charge in [0.1, 0.15) is 18.1 Å². The van der Waals surface area contributed by atoms with E-state index in [1.54, 1.807) is 6.07 Å². The minimum Gasteiger partial charge on any atom is -0.469 e. The number of ether oxygens (including phenoxy) is 1. The highest BCUT2D eigenvalue weighted by Crippen LogP contribution is 2.34. The third kappa shape index (κ3) is 7.88. The van der Waals surface area contributed by atoms with E-state index in [0.717, 1.165) is 44.3 Å². The van der Waals surface area contributed by atoms with Gasteiger partial charge in [0, 0.05) is 13.0 Å². The maximum absolute atomic E-state index is 14.4. The molecule has 192 valence electrons. The summed E-state index contributed by atoms with van der Waals surface area (Å²) in [5.41, 5.74) is 1.76. The van der Waals surface area contributed by atoms with E-state index in [-0.39, 0.29) is 29.8 Å². The number of benzene rings is 1. The number of esters is 1. The number of aryl methyl sites for hydroxylation is 1. The van der Waals surface area contributed by atoms with Gasteiger partial charge in [-0.1, -0.05) is 45.1 Å². The third-order valence-electron chi connectivity index (χ3n) is 6.54. The minimum absolute atomic E-state index is 0.194. The van der Waals surface area contributed by atoms with Crippen LogP contribution in [-0.4, -0.2) is 48.5 Å². The van der Waals surface area contributed by atoms with Crippen molar-refractivity contribution in [3.63, 3.8) is 0 Å². The maximum Gasteiger partial charge on any atom is 0.305 e. The molecule has 1 unspecified atom stereocenters. The van der Waals surface area contributed by atoms with Crippen LogP contribution in [0.5, 0.6) is 0 Å². The quantitative estimate of drug-likeness (QED) is 0.291. The summed E-state index contributed by atoms with van der Waals surface area (Å²) >= 11 is 0. The number of aromatic nitrogens is 1. The Morgan fingerprint density at radius 2 is 1.91 bits per heavy atom. The number of rotatable bonds is 14. The van der Waals surface area contributed by atoms with Crippen LogP contribution in [0, 0.1) is 5.82 Å². The van der Waals surface area contributed by atoms with Crippen molar-refractivity contribution < 1.29 is 23.1 Å². The minimum atomic E-state index is -0.430. The average Bonchev–Trinajstić information content (AvgIpc) is 3.56. The molecule has 1 N–H and O–H groups in total. The zero-order valence-corrected chi connectivity index (χ0v) is 21.0. The van der Waals surface area contributed by atoms with Gasteiger partial charge in [-0.25, -0.2) is 9.37 Å². The van der Waals surface area contributed by atoms with Crippen molar-refractivity contribution >= 4 is 11.9 Å². The Kier molecular flexibility index (Phi) is 10.7. The van der Waals surface area contributed by atoms with E-state index >= 15 is 0 Å². The summed E-state index contributed by atoms with van der Waals surface area (Å²) in [7, 11) is 1.35. The second-order valence-corrected chi connectivity index (χ2v) is 9.16. The molecule has 0 radical (unpaired) electrons. The first-order valence-corrected chi connectivity index (χ1v) is 12.9. The first kappa shape index (κ1) is 26.9. The molecule has 7 nitrogen and oxygen atoms in total. The topological polar surface area (TPSA) is 84.7 Å². The van der Waals surface area contributed by atoms with E-state index < -0.39 is 6.04 Å². The lowest BCUT2D eigenvalue weighted by molar-refractivity contribution is -0.140. The molecule has 1 fully saturated rings. The van der Waals surface area contributed by atoms with Gasteiger partial charge >= 0.3 is 5.97 Å². The lowest BCUT2D eigenvalue weighted by atomic mass is 9.95.